The Morgan fingerprint density at radius 3 is 2.73 bits per heavy atom. The van der Waals surface area contributed by atoms with Crippen molar-refractivity contribution in [2.24, 2.45) is 4.99 Å². The number of rotatable bonds is 5. The number of guanidine groups is 1. The smallest absolute Gasteiger partial charge is 0.191 e. The van der Waals surface area contributed by atoms with Gasteiger partial charge in [0, 0.05) is 29.7 Å². The van der Waals surface area contributed by atoms with Gasteiger partial charge in [-0.3, -0.25) is 4.99 Å². The topological polar surface area (TPSA) is 56.7 Å². The SMILES string of the molecule is CN=C(NCc1ccc(F)c(C)c1)NCC(O)c1cc2ccccc2s1. The standard InChI is InChI=1S/C20H22FN3OS/c1-13-9-14(7-8-16(13)21)11-23-20(22-2)24-12-17(25)19-10-15-5-3-4-6-18(15)26-19/h3-10,17,25H,11-12H2,1-2H3,(H2,22,23,24). The summed E-state index contributed by atoms with van der Waals surface area (Å²) in [5.41, 5.74) is 1.59. The van der Waals surface area contributed by atoms with Crippen LogP contribution in [0, 0.1) is 12.7 Å². The summed E-state index contributed by atoms with van der Waals surface area (Å²) >= 11 is 1.59. The number of fused-ring (bicyclic) bond motifs is 1. The molecule has 4 nitrogen and oxygen atoms in total. The van der Waals surface area contributed by atoms with Crippen LogP contribution in [-0.4, -0.2) is 24.7 Å². The Balaban J connectivity index is 1.55. The van der Waals surface area contributed by atoms with E-state index in [1.54, 1.807) is 31.4 Å². The molecule has 6 heteroatoms. The van der Waals surface area contributed by atoms with Gasteiger partial charge in [0.05, 0.1) is 0 Å². The van der Waals surface area contributed by atoms with Crippen molar-refractivity contribution in [3.8, 4) is 0 Å². The van der Waals surface area contributed by atoms with Crippen molar-refractivity contribution in [1.29, 1.82) is 0 Å². The van der Waals surface area contributed by atoms with Gasteiger partial charge in [0.15, 0.2) is 5.96 Å². The van der Waals surface area contributed by atoms with Gasteiger partial charge in [0.1, 0.15) is 11.9 Å². The molecule has 0 bridgehead atoms. The lowest BCUT2D eigenvalue weighted by Crippen LogP contribution is -2.38. The summed E-state index contributed by atoms with van der Waals surface area (Å²) in [4.78, 5) is 5.08. The average Bonchev–Trinajstić information content (AvgIpc) is 3.08. The average molecular weight is 371 g/mol. The number of aryl methyl sites for hydroxylation is 1. The Morgan fingerprint density at radius 2 is 2.00 bits per heavy atom. The van der Waals surface area contributed by atoms with E-state index >= 15 is 0 Å². The first-order valence-corrected chi connectivity index (χ1v) is 9.24. The van der Waals surface area contributed by atoms with Gasteiger partial charge in [0.25, 0.3) is 0 Å². The van der Waals surface area contributed by atoms with Gasteiger partial charge in [-0.15, -0.1) is 11.3 Å². The third-order valence-corrected chi connectivity index (χ3v) is 5.36. The Hall–Kier alpha value is -2.44. The molecule has 3 aromatic rings. The number of hydrogen-bond acceptors (Lipinski definition) is 3. The van der Waals surface area contributed by atoms with Crippen molar-refractivity contribution in [3.63, 3.8) is 0 Å². The third kappa shape index (κ3) is 4.39. The van der Waals surface area contributed by atoms with E-state index in [0.717, 1.165) is 20.5 Å². The molecule has 1 atom stereocenters. The van der Waals surface area contributed by atoms with Crippen LogP contribution in [0.15, 0.2) is 53.5 Å². The quantitative estimate of drug-likeness (QED) is 0.473. The summed E-state index contributed by atoms with van der Waals surface area (Å²) in [6.07, 6.45) is -0.612. The van der Waals surface area contributed by atoms with Crippen LogP contribution in [0.4, 0.5) is 4.39 Å². The monoisotopic (exact) mass is 371 g/mol. The molecule has 0 radical (unpaired) electrons. The zero-order chi connectivity index (χ0) is 18.5. The predicted octanol–water partition coefficient (Wildman–Crippen LogP) is 3.75. The summed E-state index contributed by atoms with van der Waals surface area (Å²) in [6.45, 7) is 2.63. The minimum atomic E-state index is -0.612. The Morgan fingerprint density at radius 1 is 1.19 bits per heavy atom. The van der Waals surface area contributed by atoms with Crippen LogP contribution < -0.4 is 10.6 Å². The molecular weight excluding hydrogens is 349 g/mol. The molecule has 1 unspecified atom stereocenters. The van der Waals surface area contributed by atoms with E-state index in [2.05, 4.69) is 21.7 Å². The van der Waals surface area contributed by atoms with E-state index in [-0.39, 0.29) is 5.82 Å². The number of benzene rings is 2. The van der Waals surface area contributed by atoms with Crippen LogP contribution in [-0.2, 0) is 6.54 Å². The molecular formula is C20H22FN3OS. The minimum absolute atomic E-state index is 0.206. The van der Waals surface area contributed by atoms with Gasteiger partial charge >= 0.3 is 0 Å². The minimum Gasteiger partial charge on any atom is -0.386 e. The number of aliphatic imine (C=N–C) groups is 1. The van der Waals surface area contributed by atoms with Crippen molar-refractivity contribution < 1.29 is 9.50 Å². The van der Waals surface area contributed by atoms with E-state index < -0.39 is 6.10 Å². The highest BCUT2D eigenvalue weighted by atomic mass is 32.1. The molecule has 3 rings (SSSR count). The summed E-state index contributed by atoms with van der Waals surface area (Å²) in [5, 5.41) is 17.9. The number of aliphatic hydroxyl groups excluding tert-OH is 1. The lowest BCUT2D eigenvalue weighted by atomic mass is 10.1. The highest BCUT2D eigenvalue weighted by Gasteiger charge is 2.12. The van der Waals surface area contributed by atoms with E-state index in [9.17, 15) is 9.50 Å². The molecule has 1 heterocycles. The zero-order valence-electron chi connectivity index (χ0n) is 14.8. The normalized spacial score (nSPS) is 13.0. The van der Waals surface area contributed by atoms with Crippen LogP contribution in [0.2, 0.25) is 0 Å². The first-order chi connectivity index (χ1) is 12.6. The number of hydrogen-bond donors (Lipinski definition) is 3. The summed E-state index contributed by atoms with van der Waals surface area (Å²) in [5.74, 6) is 0.384. The third-order valence-electron chi connectivity index (χ3n) is 4.14. The summed E-state index contributed by atoms with van der Waals surface area (Å²) in [6, 6.07) is 15.1. The first-order valence-electron chi connectivity index (χ1n) is 8.43. The molecule has 2 aromatic carbocycles. The first kappa shape index (κ1) is 18.4. The number of thiophene rings is 1. The molecule has 26 heavy (non-hydrogen) atoms. The summed E-state index contributed by atoms with van der Waals surface area (Å²) in [7, 11) is 1.68. The number of nitrogens with one attached hydrogen (secondary N) is 2. The maximum Gasteiger partial charge on any atom is 0.191 e. The van der Waals surface area contributed by atoms with Crippen LogP contribution >= 0.6 is 11.3 Å². The molecule has 3 N–H and O–H groups in total. The highest BCUT2D eigenvalue weighted by molar-refractivity contribution is 7.19. The second-order valence-electron chi connectivity index (χ2n) is 6.09. The van der Waals surface area contributed by atoms with Crippen LogP contribution in [0.3, 0.4) is 0 Å². The molecule has 0 spiro atoms. The van der Waals surface area contributed by atoms with Crippen molar-refractivity contribution in [2.45, 2.75) is 19.6 Å². The van der Waals surface area contributed by atoms with Gasteiger partial charge in [-0.2, -0.15) is 0 Å². The lowest BCUT2D eigenvalue weighted by molar-refractivity contribution is 0.184. The predicted molar refractivity (Wildman–Crippen MR) is 106 cm³/mol. The Bertz CT molecular complexity index is 889. The van der Waals surface area contributed by atoms with E-state index in [1.165, 1.54) is 6.07 Å². The number of halogens is 1. The van der Waals surface area contributed by atoms with E-state index in [4.69, 9.17) is 0 Å². The number of nitrogens with zero attached hydrogens (tertiary/aromatic N) is 1. The van der Waals surface area contributed by atoms with Crippen LogP contribution in [0.5, 0.6) is 0 Å². The Kier molecular flexibility index (Phi) is 5.85. The van der Waals surface area contributed by atoms with E-state index in [1.807, 2.05) is 30.3 Å². The van der Waals surface area contributed by atoms with Crippen molar-refractivity contribution >= 4 is 27.4 Å². The maximum atomic E-state index is 13.3. The Labute approximate surface area is 156 Å². The lowest BCUT2D eigenvalue weighted by Gasteiger charge is -2.15. The van der Waals surface area contributed by atoms with Crippen molar-refractivity contribution in [1.82, 2.24) is 10.6 Å². The zero-order valence-corrected chi connectivity index (χ0v) is 15.6. The van der Waals surface area contributed by atoms with Crippen molar-refractivity contribution in [3.05, 3.63) is 70.4 Å². The highest BCUT2D eigenvalue weighted by Crippen LogP contribution is 2.29. The van der Waals surface area contributed by atoms with Gasteiger partial charge < -0.3 is 15.7 Å². The molecule has 136 valence electrons. The second-order valence-corrected chi connectivity index (χ2v) is 7.21. The van der Waals surface area contributed by atoms with Gasteiger partial charge in [-0.1, -0.05) is 30.3 Å². The molecule has 0 saturated carbocycles. The summed E-state index contributed by atoms with van der Waals surface area (Å²) < 4.78 is 14.5. The van der Waals surface area contributed by atoms with Gasteiger partial charge in [0.2, 0.25) is 0 Å². The maximum absolute atomic E-state index is 13.3. The largest absolute Gasteiger partial charge is 0.386 e. The fourth-order valence-electron chi connectivity index (χ4n) is 2.68. The number of aliphatic hydroxyl groups is 1. The molecule has 0 aliphatic rings. The van der Waals surface area contributed by atoms with Gasteiger partial charge in [-0.25, -0.2) is 4.39 Å². The van der Waals surface area contributed by atoms with E-state index in [0.29, 0.717) is 24.6 Å². The fraction of sp³-hybridized carbons (Fsp3) is 0.250. The molecule has 0 amide bonds. The van der Waals surface area contributed by atoms with Crippen LogP contribution in [0.1, 0.15) is 22.1 Å². The van der Waals surface area contributed by atoms with Crippen LogP contribution in [0.25, 0.3) is 10.1 Å². The second kappa shape index (κ2) is 8.29. The fourth-order valence-corrected chi connectivity index (χ4v) is 3.73. The molecule has 0 fully saturated rings. The molecule has 0 aliphatic heterocycles. The van der Waals surface area contributed by atoms with Crippen molar-refractivity contribution in [2.75, 3.05) is 13.6 Å². The molecule has 1 aromatic heterocycles. The molecule has 0 aliphatic carbocycles. The molecule has 0 saturated heterocycles. The van der Waals surface area contributed by atoms with Gasteiger partial charge in [-0.05, 0) is 41.6 Å².